The maximum absolute atomic E-state index is 13.9. The van der Waals surface area contributed by atoms with Gasteiger partial charge in [0.1, 0.15) is 5.82 Å². The summed E-state index contributed by atoms with van der Waals surface area (Å²) in [6.07, 6.45) is 0.900. The van der Waals surface area contributed by atoms with E-state index in [2.05, 4.69) is 17.1 Å². The van der Waals surface area contributed by atoms with Gasteiger partial charge in [0, 0.05) is 42.8 Å². The molecule has 2 nitrogen and oxygen atoms in total. The summed E-state index contributed by atoms with van der Waals surface area (Å²) in [5.74, 6) is -0.153. The monoisotopic (exact) mass is 292 g/mol. The first-order chi connectivity index (χ1) is 8.22. The molecule has 1 atom stereocenters. The molecule has 0 aliphatic carbocycles. The standard InChI is InChI=1S/C13H18ClFN2.ClH/c1-2-13(17-7-5-16-6-8-17)11-9-10(14)3-4-12(11)15;/h3-4,9,13,16H,2,5-8H2,1H3;1H/t13-;/m1./s1. The van der Waals surface area contributed by atoms with Gasteiger partial charge in [-0.2, -0.15) is 0 Å². The van der Waals surface area contributed by atoms with Gasteiger partial charge in [0.2, 0.25) is 0 Å². The molecule has 102 valence electrons. The molecule has 1 heterocycles. The van der Waals surface area contributed by atoms with Gasteiger partial charge < -0.3 is 5.32 Å². The van der Waals surface area contributed by atoms with Gasteiger partial charge in [-0.15, -0.1) is 12.4 Å². The SMILES string of the molecule is CC[C@H](c1cc(Cl)ccc1F)N1CCNCC1.Cl. The van der Waals surface area contributed by atoms with E-state index >= 15 is 0 Å². The predicted molar refractivity (Wildman–Crippen MR) is 76.1 cm³/mol. The highest BCUT2D eigenvalue weighted by atomic mass is 35.5. The molecule has 18 heavy (non-hydrogen) atoms. The van der Waals surface area contributed by atoms with Gasteiger partial charge in [-0.3, -0.25) is 4.90 Å². The number of hydrogen-bond donors (Lipinski definition) is 1. The number of piperazine rings is 1. The highest BCUT2D eigenvalue weighted by molar-refractivity contribution is 6.30. The molecule has 1 saturated heterocycles. The summed E-state index contributed by atoms with van der Waals surface area (Å²) in [5, 5.41) is 3.92. The van der Waals surface area contributed by atoms with Gasteiger partial charge in [-0.25, -0.2) is 4.39 Å². The van der Waals surface area contributed by atoms with Crippen molar-refractivity contribution < 1.29 is 4.39 Å². The second-order valence-corrected chi connectivity index (χ2v) is 4.81. The van der Waals surface area contributed by atoms with E-state index in [0.717, 1.165) is 38.2 Å². The van der Waals surface area contributed by atoms with Crippen LogP contribution >= 0.6 is 24.0 Å². The Hall–Kier alpha value is -0.350. The molecule has 1 aromatic rings. The summed E-state index contributed by atoms with van der Waals surface area (Å²) < 4.78 is 13.9. The van der Waals surface area contributed by atoms with Gasteiger partial charge in [0.15, 0.2) is 0 Å². The van der Waals surface area contributed by atoms with E-state index in [4.69, 9.17) is 11.6 Å². The third-order valence-electron chi connectivity index (χ3n) is 3.30. The Morgan fingerprint density at radius 1 is 1.39 bits per heavy atom. The average molecular weight is 293 g/mol. The summed E-state index contributed by atoms with van der Waals surface area (Å²) in [6.45, 7) is 5.96. The molecule has 1 fully saturated rings. The van der Waals surface area contributed by atoms with Gasteiger partial charge in [0.05, 0.1) is 0 Å². The van der Waals surface area contributed by atoms with Crippen molar-refractivity contribution in [3.63, 3.8) is 0 Å². The zero-order chi connectivity index (χ0) is 12.3. The van der Waals surface area contributed by atoms with Crippen LogP contribution in [0.1, 0.15) is 24.9 Å². The van der Waals surface area contributed by atoms with E-state index in [1.165, 1.54) is 6.07 Å². The predicted octanol–water partition coefficient (Wildman–Crippen LogP) is 3.26. The molecule has 1 aliphatic heterocycles. The molecule has 0 bridgehead atoms. The molecule has 0 radical (unpaired) electrons. The van der Waals surface area contributed by atoms with Crippen molar-refractivity contribution in [2.45, 2.75) is 19.4 Å². The largest absolute Gasteiger partial charge is 0.314 e. The minimum atomic E-state index is -0.153. The van der Waals surface area contributed by atoms with Crippen LogP contribution in [-0.4, -0.2) is 31.1 Å². The molecule has 5 heteroatoms. The molecule has 1 aliphatic rings. The van der Waals surface area contributed by atoms with Crippen LogP contribution in [0, 0.1) is 5.82 Å². The van der Waals surface area contributed by atoms with Crippen LogP contribution in [0.15, 0.2) is 18.2 Å². The molecule has 2 rings (SSSR count). The molecule has 0 spiro atoms. The summed E-state index contributed by atoms with van der Waals surface area (Å²) in [7, 11) is 0. The Bertz CT molecular complexity index is 381. The van der Waals surface area contributed by atoms with Gasteiger partial charge >= 0.3 is 0 Å². The Morgan fingerprint density at radius 3 is 2.67 bits per heavy atom. The topological polar surface area (TPSA) is 15.3 Å². The minimum absolute atomic E-state index is 0. The second-order valence-electron chi connectivity index (χ2n) is 4.38. The normalized spacial score (nSPS) is 18.2. The second kappa shape index (κ2) is 7.29. The lowest BCUT2D eigenvalue weighted by atomic mass is 10.0. The van der Waals surface area contributed by atoms with Crippen molar-refractivity contribution in [1.29, 1.82) is 0 Å². The van der Waals surface area contributed by atoms with E-state index in [9.17, 15) is 4.39 Å². The average Bonchev–Trinajstić information content (AvgIpc) is 2.36. The van der Waals surface area contributed by atoms with E-state index < -0.39 is 0 Å². The Labute approximate surface area is 119 Å². The number of nitrogens with one attached hydrogen (secondary N) is 1. The number of nitrogens with zero attached hydrogens (tertiary/aromatic N) is 1. The van der Waals surface area contributed by atoms with Crippen molar-refractivity contribution in [2.75, 3.05) is 26.2 Å². The fourth-order valence-electron chi connectivity index (χ4n) is 2.44. The Kier molecular flexibility index (Phi) is 6.36. The van der Waals surface area contributed by atoms with E-state index in [1.54, 1.807) is 12.1 Å². The van der Waals surface area contributed by atoms with Crippen molar-refractivity contribution in [3.8, 4) is 0 Å². The smallest absolute Gasteiger partial charge is 0.128 e. The van der Waals surface area contributed by atoms with Crippen LogP contribution in [0.25, 0.3) is 0 Å². The quantitative estimate of drug-likeness (QED) is 0.920. The molecular weight excluding hydrogens is 274 g/mol. The van der Waals surface area contributed by atoms with Crippen LogP contribution in [0.3, 0.4) is 0 Å². The van der Waals surface area contributed by atoms with Crippen LogP contribution in [0.2, 0.25) is 5.02 Å². The van der Waals surface area contributed by atoms with Crippen molar-refractivity contribution in [1.82, 2.24) is 10.2 Å². The first-order valence-corrected chi connectivity index (χ1v) is 6.50. The molecule has 0 aromatic heterocycles. The van der Waals surface area contributed by atoms with Gasteiger partial charge in [-0.1, -0.05) is 18.5 Å². The number of benzene rings is 1. The lowest BCUT2D eigenvalue weighted by Crippen LogP contribution is -2.45. The lowest BCUT2D eigenvalue weighted by Gasteiger charge is -2.34. The highest BCUT2D eigenvalue weighted by Gasteiger charge is 2.23. The number of hydrogen-bond acceptors (Lipinski definition) is 2. The molecule has 1 aromatic carbocycles. The lowest BCUT2D eigenvalue weighted by molar-refractivity contribution is 0.166. The van der Waals surface area contributed by atoms with Crippen LogP contribution in [0.5, 0.6) is 0 Å². The Balaban J connectivity index is 0.00000162. The van der Waals surface area contributed by atoms with E-state index in [1.807, 2.05) is 0 Å². The van der Waals surface area contributed by atoms with Crippen molar-refractivity contribution in [3.05, 3.63) is 34.6 Å². The summed E-state index contributed by atoms with van der Waals surface area (Å²) in [5.41, 5.74) is 0.724. The maximum atomic E-state index is 13.9. The van der Waals surface area contributed by atoms with Gasteiger partial charge in [-0.05, 0) is 24.6 Å². The zero-order valence-electron chi connectivity index (χ0n) is 10.5. The van der Waals surface area contributed by atoms with Crippen LogP contribution < -0.4 is 5.32 Å². The third-order valence-corrected chi connectivity index (χ3v) is 3.53. The fourth-order valence-corrected chi connectivity index (χ4v) is 2.62. The maximum Gasteiger partial charge on any atom is 0.128 e. The van der Waals surface area contributed by atoms with E-state index in [0.29, 0.717) is 5.02 Å². The first-order valence-electron chi connectivity index (χ1n) is 6.12. The fraction of sp³-hybridized carbons (Fsp3) is 0.538. The summed E-state index contributed by atoms with van der Waals surface area (Å²) in [4.78, 5) is 2.32. The minimum Gasteiger partial charge on any atom is -0.314 e. The third kappa shape index (κ3) is 3.58. The van der Waals surface area contributed by atoms with Crippen molar-refractivity contribution in [2.24, 2.45) is 0 Å². The van der Waals surface area contributed by atoms with Crippen molar-refractivity contribution >= 4 is 24.0 Å². The van der Waals surface area contributed by atoms with Crippen LogP contribution in [-0.2, 0) is 0 Å². The van der Waals surface area contributed by atoms with Crippen LogP contribution in [0.4, 0.5) is 4.39 Å². The number of rotatable bonds is 3. The molecule has 0 amide bonds. The van der Waals surface area contributed by atoms with E-state index in [-0.39, 0.29) is 24.3 Å². The first kappa shape index (κ1) is 15.7. The molecular formula is C13H19Cl2FN2. The summed E-state index contributed by atoms with van der Waals surface area (Å²) >= 11 is 5.96. The van der Waals surface area contributed by atoms with Gasteiger partial charge in [0.25, 0.3) is 0 Å². The molecule has 0 unspecified atom stereocenters. The molecule has 0 saturated carbocycles. The summed E-state index contributed by atoms with van der Waals surface area (Å²) in [6, 6.07) is 4.95. The zero-order valence-corrected chi connectivity index (χ0v) is 12.0. The molecule has 1 N–H and O–H groups in total. The highest BCUT2D eigenvalue weighted by Crippen LogP contribution is 2.28. The Morgan fingerprint density at radius 2 is 2.06 bits per heavy atom. The number of halogens is 3.